The summed E-state index contributed by atoms with van der Waals surface area (Å²) < 4.78 is 5.10. The normalized spacial score (nSPS) is 15.0. The molecule has 1 aliphatic carbocycles. The molecule has 166 valence electrons. The Balaban J connectivity index is 1.81. The van der Waals surface area contributed by atoms with Crippen LogP contribution in [0.3, 0.4) is 0 Å². The molecular formula is C23H29N3O3S2. The van der Waals surface area contributed by atoms with Gasteiger partial charge in [-0.15, -0.1) is 11.3 Å². The number of rotatable bonds is 3. The quantitative estimate of drug-likeness (QED) is 0.480. The van der Waals surface area contributed by atoms with Gasteiger partial charge in [-0.2, -0.15) is 0 Å². The zero-order valence-electron chi connectivity index (χ0n) is 17.9. The largest absolute Gasteiger partial charge is 0.465 e. The summed E-state index contributed by atoms with van der Waals surface area (Å²) >= 11 is 6.91. The van der Waals surface area contributed by atoms with Gasteiger partial charge >= 0.3 is 5.97 Å². The SMILES string of the molecule is COC(=O)c1c(NC(=S)NC(=O)c2ccncc2)sc2c1CCCCCCCCCC2. The lowest BCUT2D eigenvalue weighted by atomic mass is 9.97. The first kappa shape index (κ1) is 23.3. The van der Waals surface area contributed by atoms with E-state index in [9.17, 15) is 9.59 Å². The number of ether oxygens (including phenoxy) is 1. The third kappa shape index (κ3) is 6.58. The number of nitrogens with one attached hydrogen (secondary N) is 2. The summed E-state index contributed by atoms with van der Waals surface area (Å²) in [7, 11) is 1.40. The van der Waals surface area contributed by atoms with Crippen molar-refractivity contribution in [1.29, 1.82) is 0 Å². The summed E-state index contributed by atoms with van der Waals surface area (Å²) in [5, 5.41) is 6.56. The molecule has 0 atom stereocenters. The van der Waals surface area contributed by atoms with Gasteiger partial charge < -0.3 is 10.1 Å². The number of aromatic nitrogens is 1. The number of methoxy groups -OCH3 is 1. The molecule has 0 radical (unpaired) electrons. The van der Waals surface area contributed by atoms with Gasteiger partial charge in [-0.3, -0.25) is 15.1 Å². The number of pyridine rings is 1. The topological polar surface area (TPSA) is 80.3 Å². The molecule has 6 nitrogen and oxygen atoms in total. The van der Waals surface area contributed by atoms with E-state index in [-0.39, 0.29) is 17.0 Å². The second-order valence-electron chi connectivity index (χ2n) is 7.67. The van der Waals surface area contributed by atoms with Crippen LogP contribution in [0.25, 0.3) is 0 Å². The lowest BCUT2D eigenvalue weighted by Gasteiger charge is -2.11. The molecule has 2 heterocycles. The van der Waals surface area contributed by atoms with Gasteiger partial charge in [0.1, 0.15) is 5.00 Å². The average Bonchev–Trinajstić information content (AvgIpc) is 3.10. The maximum Gasteiger partial charge on any atom is 0.341 e. The second kappa shape index (κ2) is 11.9. The third-order valence-corrected chi connectivity index (χ3v) is 6.87. The van der Waals surface area contributed by atoms with Gasteiger partial charge in [0.25, 0.3) is 5.91 Å². The van der Waals surface area contributed by atoms with Crippen LogP contribution in [0.1, 0.15) is 82.5 Å². The van der Waals surface area contributed by atoms with E-state index in [0.29, 0.717) is 16.1 Å². The number of carbonyl (C=O) groups excluding carboxylic acids is 2. The van der Waals surface area contributed by atoms with Crippen molar-refractivity contribution >= 4 is 45.5 Å². The molecule has 8 heteroatoms. The van der Waals surface area contributed by atoms with Crippen molar-refractivity contribution in [2.24, 2.45) is 0 Å². The van der Waals surface area contributed by atoms with Crippen molar-refractivity contribution in [2.75, 3.05) is 12.4 Å². The van der Waals surface area contributed by atoms with Crippen molar-refractivity contribution in [2.45, 2.75) is 64.2 Å². The molecule has 0 aromatic carbocycles. The van der Waals surface area contributed by atoms with Crippen LogP contribution in [0.5, 0.6) is 0 Å². The molecule has 2 aromatic heterocycles. The summed E-state index contributed by atoms with van der Waals surface area (Å²) in [5.41, 5.74) is 2.09. The van der Waals surface area contributed by atoms with E-state index in [0.717, 1.165) is 31.2 Å². The van der Waals surface area contributed by atoms with Crippen LogP contribution in [-0.2, 0) is 17.6 Å². The van der Waals surface area contributed by atoms with Gasteiger partial charge in [0.05, 0.1) is 12.7 Å². The number of anilines is 1. The summed E-state index contributed by atoms with van der Waals surface area (Å²) in [6.07, 6.45) is 14.5. The number of amides is 1. The third-order valence-electron chi connectivity index (χ3n) is 5.46. The summed E-state index contributed by atoms with van der Waals surface area (Å²) in [5.74, 6) is -0.690. The predicted octanol–water partition coefficient (Wildman–Crippen LogP) is 5.28. The molecule has 0 saturated heterocycles. The van der Waals surface area contributed by atoms with Gasteiger partial charge in [-0.25, -0.2) is 4.79 Å². The highest BCUT2D eigenvalue weighted by atomic mass is 32.1. The number of hydrogen-bond acceptors (Lipinski definition) is 6. The maximum absolute atomic E-state index is 12.7. The van der Waals surface area contributed by atoms with Gasteiger partial charge in [0.2, 0.25) is 0 Å². The summed E-state index contributed by atoms with van der Waals surface area (Å²) in [4.78, 5) is 30.2. The highest BCUT2D eigenvalue weighted by molar-refractivity contribution is 7.80. The number of fused-ring (bicyclic) bond motifs is 1. The summed E-state index contributed by atoms with van der Waals surface area (Å²) in [6.45, 7) is 0. The van der Waals surface area contributed by atoms with E-state index in [1.54, 1.807) is 35.9 Å². The monoisotopic (exact) mass is 459 g/mol. The zero-order chi connectivity index (χ0) is 22.1. The van der Waals surface area contributed by atoms with E-state index in [1.807, 2.05) is 0 Å². The fourth-order valence-corrected chi connectivity index (χ4v) is 5.39. The van der Waals surface area contributed by atoms with Crippen LogP contribution in [0.4, 0.5) is 5.00 Å². The van der Waals surface area contributed by atoms with E-state index in [2.05, 4.69) is 15.6 Å². The Bertz CT molecular complexity index is 912. The number of thiocarbonyl (C=S) groups is 1. The molecule has 0 bridgehead atoms. The van der Waals surface area contributed by atoms with E-state index in [4.69, 9.17) is 17.0 Å². The van der Waals surface area contributed by atoms with Crippen molar-refractivity contribution in [3.8, 4) is 0 Å². The van der Waals surface area contributed by atoms with Crippen LogP contribution in [-0.4, -0.2) is 29.1 Å². The Morgan fingerprint density at radius 1 is 1.00 bits per heavy atom. The number of esters is 1. The van der Waals surface area contributed by atoms with Crippen LogP contribution in [0.15, 0.2) is 24.5 Å². The Hall–Kier alpha value is -2.32. The minimum atomic E-state index is -0.365. The number of carbonyl (C=O) groups is 2. The molecule has 0 unspecified atom stereocenters. The molecule has 1 amide bonds. The molecule has 31 heavy (non-hydrogen) atoms. The first-order chi connectivity index (χ1) is 15.1. The second-order valence-corrected chi connectivity index (χ2v) is 9.19. The molecule has 1 aliphatic rings. The minimum absolute atomic E-state index is 0.157. The number of nitrogens with zero attached hydrogens (tertiary/aromatic N) is 1. The molecule has 0 aliphatic heterocycles. The Labute approximate surface area is 192 Å². The molecule has 2 aromatic rings. The molecule has 2 N–H and O–H groups in total. The lowest BCUT2D eigenvalue weighted by Crippen LogP contribution is -2.34. The van der Waals surface area contributed by atoms with Crippen molar-refractivity contribution < 1.29 is 14.3 Å². The van der Waals surface area contributed by atoms with E-state index in [1.165, 1.54) is 50.5 Å². The zero-order valence-corrected chi connectivity index (χ0v) is 19.5. The van der Waals surface area contributed by atoms with Crippen molar-refractivity contribution in [1.82, 2.24) is 10.3 Å². The first-order valence-electron chi connectivity index (χ1n) is 10.9. The van der Waals surface area contributed by atoms with Gasteiger partial charge in [0, 0.05) is 22.8 Å². The highest BCUT2D eigenvalue weighted by Crippen LogP contribution is 2.37. The molecule has 0 saturated carbocycles. The van der Waals surface area contributed by atoms with Gasteiger partial charge in [0.15, 0.2) is 5.11 Å². The molecule has 0 spiro atoms. The standard InChI is InChI=1S/C23H29N3O3S2/c1-29-22(28)19-17-10-8-6-4-2-3-5-7-9-11-18(17)31-21(19)26-23(30)25-20(27)16-12-14-24-15-13-16/h12-15H,2-11H2,1H3,(H2,25,26,27,30). The fourth-order valence-electron chi connectivity index (χ4n) is 3.85. The van der Waals surface area contributed by atoms with Crippen LogP contribution >= 0.6 is 23.6 Å². The van der Waals surface area contributed by atoms with E-state index >= 15 is 0 Å². The van der Waals surface area contributed by atoms with Crippen LogP contribution in [0, 0.1) is 0 Å². The highest BCUT2D eigenvalue weighted by Gasteiger charge is 2.25. The van der Waals surface area contributed by atoms with E-state index < -0.39 is 0 Å². The first-order valence-corrected chi connectivity index (χ1v) is 12.1. The number of aryl methyl sites for hydroxylation is 1. The number of hydrogen-bond donors (Lipinski definition) is 2. The van der Waals surface area contributed by atoms with Crippen LogP contribution < -0.4 is 10.6 Å². The van der Waals surface area contributed by atoms with Crippen LogP contribution in [0.2, 0.25) is 0 Å². The minimum Gasteiger partial charge on any atom is -0.465 e. The van der Waals surface area contributed by atoms with Crippen molar-refractivity contribution in [3.05, 3.63) is 46.1 Å². The average molecular weight is 460 g/mol. The fraction of sp³-hybridized carbons (Fsp3) is 0.478. The van der Waals surface area contributed by atoms with Gasteiger partial charge in [-0.05, 0) is 55.6 Å². The number of thiophene rings is 1. The molecule has 3 rings (SSSR count). The Morgan fingerprint density at radius 3 is 2.26 bits per heavy atom. The molecule has 0 fully saturated rings. The van der Waals surface area contributed by atoms with Gasteiger partial charge in [-0.1, -0.05) is 38.5 Å². The maximum atomic E-state index is 12.7. The Kier molecular flexibility index (Phi) is 8.97. The molecular weight excluding hydrogens is 430 g/mol. The Morgan fingerprint density at radius 2 is 1.61 bits per heavy atom. The smallest absolute Gasteiger partial charge is 0.341 e. The van der Waals surface area contributed by atoms with Crippen molar-refractivity contribution in [3.63, 3.8) is 0 Å². The summed E-state index contributed by atoms with van der Waals surface area (Å²) in [6, 6.07) is 3.23. The predicted molar refractivity (Wildman–Crippen MR) is 128 cm³/mol. The lowest BCUT2D eigenvalue weighted by molar-refractivity contribution is 0.0601.